The van der Waals surface area contributed by atoms with Crippen molar-refractivity contribution in [1.29, 1.82) is 0 Å². The van der Waals surface area contributed by atoms with E-state index in [0.717, 1.165) is 0 Å². The lowest BCUT2D eigenvalue weighted by atomic mass is 9.62. The van der Waals surface area contributed by atoms with Crippen LogP contribution in [-0.2, 0) is 9.59 Å². The van der Waals surface area contributed by atoms with Gasteiger partial charge in [0.25, 0.3) is 0 Å². The highest BCUT2D eigenvalue weighted by Gasteiger charge is 2.56. The molecular formula is C15H27NO4. The van der Waals surface area contributed by atoms with Crippen LogP contribution in [0, 0.1) is 5.41 Å². The van der Waals surface area contributed by atoms with Crippen molar-refractivity contribution in [2.45, 2.75) is 52.5 Å². The van der Waals surface area contributed by atoms with Crippen molar-refractivity contribution < 1.29 is 19.8 Å². The first-order valence-corrected chi connectivity index (χ1v) is 7.15. The third kappa shape index (κ3) is 2.87. The fourth-order valence-electron chi connectivity index (χ4n) is 3.32. The van der Waals surface area contributed by atoms with Crippen molar-refractivity contribution in [3.8, 4) is 0 Å². The summed E-state index contributed by atoms with van der Waals surface area (Å²) in [6, 6.07) is 0. The molecule has 2 N–H and O–H groups in total. The average molecular weight is 285 g/mol. The lowest BCUT2D eigenvalue weighted by molar-refractivity contribution is -0.161. The predicted octanol–water partition coefficient (Wildman–Crippen LogP) is 2.62. The van der Waals surface area contributed by atoms with Gasteiger partial charge in [0.2, 0.25) is 0 Å². The fourth-order valence-corrected chi connectivity index (χ4v) is 3.32. The van der Waals surface area contributed by atoms with E-state index >= 15 is 0 Å². The smallest absolute Gasteiger partial charge is 0.328 e. The van der Waals surface area contributed by atoms with E-state index in [4.69, 9.17) is 0 Å². The molecule has 0 radical (unpaired) electrons. The molecule has 5 nitrogen and oxygen atoms in total. The molecule has 0 heterocycles. The van der Waals surface area contributed by atoms with E-state index in [9.17, 15) is 19.8 Å². The number of hydrogen-bond acceptors (Lipinski definition) is 3. The Bertz CT molecular complexity index is 359. The Labute approximate surface area is 121 Å². The van der Waals surface area contributed by atoms with Gasteiger partial charge in [0.1, 0.15) is 5.54 Å². The molecule has 0 aliphatic rings. The third-order valence-electron chi connectivity index (χ3n) is 4.54. The zero-order valence-electron chi connectivity index (χ0n) is 13.0. The van der Waals surface area contributed by atoms with E-state index in [1.165, 1.54) is 6.08 Å². The molecule has 1 atom stereocenters. The monoisotopic (exact) mass is 285 g/mol. The van der Waals surface area contributed by atoms with Gasteiger partial charge in [-0.2, -0.15) is 0 Å². The summed E-state index contributed by atoms with van der Waals surface area (Å²) < 4.78 is 0. The van der Waals surface area contributed by atoms with Gasteiger partial charge in [0.15, 0.2) is 0 Å². The molecule has 5 heteroatoms. The van der Waals surface area contributed by atoms with Gasteiger partial charge in [-0.25, -0.2) is 4.79 Å². The second-order valence-corrected chi connectivity index (χ2v) is 5.01. The number of carboxylic acid groups (broad SMARTS) is 2. The number of carbonyl (C=O) groups is 2. The fraction of sp³-hybridized carbons (Fsp3) is 0.733. The van der Waals surface area contributed by atoms with Crippen LogP contribution in [0.25, 0.3) is 0 Å². The number of nitrogens with zero attached hydrogens (tertiary/aromatic N) is 1. The Morgan fingerprint density at radius 3 is 1.75 bits per heavy atom. The van der Waals surface area contributed by atoms with Crippen LogP contribution < -0.4 is 0 Å². The van der Waals surface area contributed by atoms with Crippen molar-refractivity contribution in [3.63, 3.8) is 0 Å². The van der Waals surface area contributed by atoms with Gasteiger partial charge in [-0.1, -0.05) is 33.8 Å². The first-order chi connectivity index (χ1) is 9.31. The van der Waals surface area contributed by atoms with E-state index in [0.29, 0.717) is 25.9 Å². The first-order valence-electron chi connectivity index (χ1n) is 7.15. The van der Waals surface area contributed by atoms with Crippen molar-refractivity contribution in [3.05, 3.63) is 12.7 Å². The molecule has 0 amide bonds. The maximum Gasteiger partial charge on any atom is 0.328 e. The van der Waals surface area contributed by atoms with Crippen molar-refractivity contribution in [1.82, 2.24) is 4.90 Å². The van der Waals surface area contributed by atoms with Crippen LogP contribution in [0.1, 0.15) is 47.0 Å². The second kappa shape index (κ2) is 7.43. The van der Waals surface area contributed by atoms with E-state index < -0.39 is 22.9 Å². The molecule has 0 bridgehead atoms. The van der Waals surface area contributed by atoms with E-state index in [1.807, 2.05) is 27.7 Å². The van der Waals surface area contributed by atoms with Crippen molar-refractivity contribution in [2.24, 2.45) is 5.41 Å². The quantitative estimate of drug-likeness (QED) is 0.603. The molecule has 0 saturated heterocycles. The Hall–Kier alpha value is -1.36. The Kier molecular flexibility index (Phi) is 6.92. The van der Waals surface area contributed by atoms with Crippen molar-refractivity contribution >= 4 is 11.9 Å². The lowest BCUT2D eigenvalue weighted by Gasteiger charge is -2.50. The lowest BCUT2D eigenvalue weighted by Crippen LogP contribution is -2.64. The normalized spacial score (nSPS) is 14.8. The molecule has 1 unspecified atom stereocenters. The first kappa shape index (κ1) is 18.6. The SMILES string of the molecule is C=CC(C(=O)O)(N(CC)CC)C(CC)(CC)CC(=O)O. The summed E-state index contributed by atoms with van der Waals surface area (Å²) in [5.74, 6) is -2.01. The van der Waals surface area contributed by atoms with Crippen LogP contribution in [0.2, 0.25) is 0 Å². The van der Waals surface area contributed by atoms with Gasteiger partial charge in [-0.05, 0) is 25.9 Å². The Balaban J connectivity index is 6.21. The number of hydrogen-bond donors (Lipinski definition) is 2. The standard InChI is InChI=1S/C15H27NO4/c1-6-14(7-2,11-12(17)18)15(8-3,13(19)20)16(9-4)10-5/h8H,3,6-7,9-11H2,1-2,4-5H3,(H,17,18)(H,19,20). The second-order valence-electron chi connectivity index (χ2n) is 5.01. The summed E-state index contributed by atoms with van der Waals surface area (Å²) in [5, 5.41) is 19.1. The van der Waals surface area contributed by atoms with E-state index in [-0.39, 0.29) is 6.42 Å². The molecule has 0 aliphatic heterocycles. The topological polar surface area (TPSA) is 77.8 Å². The minimum absolute atomic E-state index is 0.186. The van der Waals surface area contributed by atoms with E-state index in [1.54, 1.807) is 4.90 Å². The van der Waals surface area contributed by atoms with Crippen LogP contribution in [0.5, 0.6) is 0 Å². The predicted molar refractivity (Wildman–Crippen MR) is 78.8 cm³/mol. The molecule has 0 saturated carbocycles. The van der Waals surface area contributed by atoms with Gasteiger partial charge in [-0.15, -0.1) is 6.58 Å². The van der Waals surface area contributed by atoms with Crippen molar-refractivity contribution in [2.75, 3.05) is 13.1 Å². The molecular weight excluding hydrogens is 258 g/mol. The average Bonchev–Trinajstić information content (AvgIpc) is 2.41. The highest BCUT2D eigenvalue weighted by Crippen LogP contribution is 2.46. The molecule has 0 rings (SSSR count). The molecule has 0 spiro atoms. The molecule has 0 aliphatic carbocycles. The van der Waals surface area contributed by atoms with Crippen LogP contribution in [0.15, 0.2) is 12.7 Å². The molecule has 116 valence electrons. The summed E-state index contributed by atoms with van der Waals surface area (Å²) in [6.07, 6.45) is 2.16. The zero-order valence-corrected chi connectivity index (χ0v) is 13.0. The maximum atomic E-state index is 12.1. The van der Waals surface area contributed by atoms with Gasteiger partial charge >= 0.3 is 11.9 Å². The molecule has 0 aromatic rings. The van der Waals surface area contributed by atoms with Gasteiger partial charge in [0.05, 0.1) is 6.42 Å². The molecule has 20 heavy (non-hydrogen) atoms. The maximum absolute atomic E-state index is 12.1. The summed E-state index contributed by atoms with van der Waals surface area (Å²) >= 11 is 0. The molecule has 0 aromatic carbocycles. The summed E-state index contributed by atoms with van der Waals surface area (Å²) in [4.78, 5) is 25.1. The largest absolute Gasteiger partial charge is 0.481 e. The van der Waals surface area contributed by atoms with Gasteiger partial charge in [0, 0.05) is 5.41 Å². The van der Waals surface area contributed by atoms with E-state index in [2.05, 4.69) is 6.58 Å². The Morgan fingerprint density at radius 2 is 1.55 bits per heavy atom. The summed E-state index contributed by atoms with van der Waals surface area (Å²) in [7, 11) is 0. The Morgan fingerprint density at radius 1 is 1.10 bits per heavy atom. The van der Waals surface area contributed by atoms with Gasteiger partial charge < -0.3 is 10.2 Å². The number of likely N-dealkylation sites (N-methyl/N-ethyl adjacent to an activating group) is 1. The van der Waals surface area contributed by atoms with Crippen LogP contribution >= 0.6 is 0 Å². The molecule has 0 fully saturated rings. The minimum atomic E-state index is -1.36. The van der Waals surface area contributed by atoms with Crippen LogP contribution in [0.4, 0.5) is 0 Å². The summed E-state index contributed by atoms with van der Waals surface area (Å²) in [6.45, 7) is 12.2. The summed E-state index contributed by atoms with van der Waals surface area (Å²) in [5.41, 5.74) is -2.24. The number of aliphatic carboxylic acids is 2. The molecule has 0 aromatic heterocycles. The van der Waals surface area contributed by atoms with Gasteiger partial charge in [-0.3, -0.25) is 9.69 Å². The highest BCUT2D eigenvalue weighted by atomic mass is 16.4. The third-order valence-corrected chi connectivity index (χ3v) is 4.54. The van der Waals surface area contributed by atoms with Crippen LogP contribution in [0.3, 0.4) is 0 Å². The highest BCUT2D eigenvalue weighted by molar-refractivity contribution is 5.84. The number of rotatable bonds is 10. The van der Waals surface area contributed by atoms with Crippen LogP contribution in [-0.4, -0.2) is 45.7 Å². The zero-order chi connectivity index (χ0) is 16.0. The minimum Gasteiger partial charge on any atom is -0.481 e. The number of carboxylic acids is 2.